The largest absolute Gasteiger partial charge is 0.435 e. The van der Waals surface area contributed by atoms with Gasteiger partial charge in [0.1, 0.15) is 11.5 Å². The van der Waals surface area contributed by atoms with Crippen LogP contribution in [0.4, 0.5) is 14.5 Å². The Balaban J connectivity index is 3.09. The van der Waals surface area contributed by atoms with Gasteiger partial charge in [0, 0.05) is 12.5 Å². The predicted octanol–water partition coefficient (Wildman–Crippen LogP) is 2.33. The molecular weight excluding hydrogens is 236 g/mol. The number of rotatable bonds is 5. The molecule has 0 N–H and O–H groups in total. The van der Waals surface area contributed by atoms with Gasteiger partial charge in [0.2, 0.25) is 0 Å². The number of Topliss-reactive ketones (excluding diaryl/α,β-unsaturated/α-hetero) is 1. The van der Waals surface area contributed by atoms with E-state index in [1.165, 1.54) is 13.0 Å². The number of nitro benzene ring substituents is 1. The SMILES string of the molecule is CC(=O)Cc1cc(OC(F)F)cc([N+](=O)[O-])c1. The molecular formula is C10H9F2NO4. The highest BCUT2D eigenvalue weighted by atomic mass is 19.3. The minimum atomic E-state index is -3.07. The molecule has 0 aliphatic rings. The number of hydrogen-bond acceptors (Lipinski definition) is 4. The lowest BCUT2D eigenvalue weighted by molar-refractivity contribution is -0.385. The van der Waals surface area contributed by atoms with Crippen LogP contribution in [0.25, 0.3) is 0 Å². The van der Waals surface area contributed by atoms with Gasteiger partial charge >= 0.3 is 6.61 Å². The third-order valence-corrected chi connectivity index (χ3v) is 1.84. The first-order valence-corrected chi connectivity index (χ1v) is 4.61. The van der Waals surface area contributed by atoms with Crippen LogP contribution in [0.5, 0.6) is 5.75 Å². The monoisotopic (exact) mass is 245 g/mol. The average Bonchev–Trinajstić information content (AvgIpc) is 2.14. The molecule has 5 nitrogen and oxygen atoms in total. The van der Waals surface area contributed by atoms with Gasteiger partial charge in [0.05, 0.1) is 11.0 Å². The second-order valence-corrected chi connectivity index (χ2v) is 3.35. The van der Waals surface area contributed by atoms with Crippen molar-refractivity contribution in [3.05, 3.63) is 33.9 Å². The van der Waals surface area contributed by atoms with Crippen molar-refractivity contribution in [2.75, 3.05) is 0 Å². The molecule has 0 spiro atoms. The van der Waals surface area contributed by atoms with Crippen molar-refractivity contribution in [1.82, 2.24) is 0 Å². The molecule has 0 aliphatic carbocycles. The number of benzene rings is 1. The smallest absolute Gasteiger partial charge is 0.387 e. The van der Waals surface area contributed by atoms with E-state index < -0.39 is 11.5 Å². The minimum Gasteiger partial charge on any atom is -0.435 e. The van der Waals surface area contributed by atoms with Crippen LogP contribution in [-0.2, 0) is 11.2 Å². The van der Waals surface area contributed by atoms with Crippen LogP contribution >= 0.6 is 0 Å². The van der Waals surface area contributed by atoms with Gasteiger partial charge in [-0.1, -0.05) is 0 Å². The lowest BCUT2D eigenvalue weighted by Crippen LogP contribution is -2.04. The molecule has 0 atom stereocenters. The second kappa shape index (κ2) is 5.33. The summed E-state index contributed by atoms with van der Waals surface area (Å²) in [6, 6.07) is 3.22. The highest BCUT2D eigenvalue weighted by molar-refractivity contribution is 5.78. The van der Waals surface area contributed by atoms with Gasteiger partial charge in [-0.05, 0) is 18.6 Å². The summed E-state index contributed by atoms with van der Waals surface area (Å²) in [5.41, 5.74) is -0.123. The van der Waals surface area contributed by atoms with Crippen molar-refractivity contribution in [2.24, 2.45) is 0 Å². The summed E-state index contributed by atoms with van der Waals surface area (Å²) < 4.78 is 28.1. The van der Waals surface area contributed by atoms with E-state index in [0.717, 1.165) is 12.1 Å². The normalized spacial score (nSPS) is 10.4. The predicted molar refractivity (Wildman–Crippen MR) is 54.1 cm³/mol. The van der Waals surface area contributed by atoms with Crippen LogP contribution in [0.2, 0.25) is 0 Å². The Morgan fingerprint density at radius 3 is 2.59 bits per heavy atom. The lowest BCUT2D eigenvalue weighted by Gasteiger charge is -2.06. The van der Waals surface area contributed by atoms with Crippen molar-refractivity contribution >= 4 is 11.5 Å². The minimum absolute atomic E-state index is 0.0682. The van der Waals surface area contributed by atoms with Crippen LogP contribution in [0.15, 0.2) is 18.2 Å². The molecule has 17 heavy (non-hydrogen) atoms. The zero-order chi connectivity index (χ0) is 13.0. The van der Waals surface area contributed by atoms with E-state index in [1.54, 1.807) is 0 Å². The summed E-state index contributed by atoms with van der Waals surface area (Å²) in [4.78, 5) is 20.7. The van der Waals surface area contributed by atoms with Gasteiger partial charge in [-0.2, -0.15) is 8.78 Å². The fourth-order valence-electron chi connectivity index (χ4n) is 1.31. The fraction of sp³-hybridized carbons (Fsp3) is 0.300. The van der Waals surface area contributed by atoms with Crippen LogP contribution in [0.3, 0.4) is 0 Å². The maximum absolute atomic E-state index is 12.0. The summed E-state index contributed by atoms with van der Waals surface area (Å²) in [7, 11) is 0. The number of carbonyl (C=O) groups is 1. The number of carbonyl (C=O) groups excluding carboxylic acids is 1. The molecule has 0 radical (unpaired) electrons. The Morgan fingerprint density at radius 1 is 1.47 bits per heavy atom. The molecule has 0 aromatic heterocycles. The van der Waals surface area contributed by atoms with E-state index in [2.05, 4.69) is 4.74 Å². The first-order valence-electron chi connectivity index (χ1n) is 4.61. The molecule has 0 unspecified atom stereocenters. The van der Waals surface area contributed by atoms with Crippen LogP contribution in [0, 0.1) is 10.1 Å². The molecule has 1 aromatic carbocycles. The van der Waals surface area contributed by atoms with Gasteiger partial charge < -0.3 is 4.74 Å². The van der Waals surface area contributed by atoms with E-state index in [-0.39, 0.29) is 29.2 Å². The molecule has 0 fully saturated rings. The van der Waals surface area contributed by atoms with Crippen molar-refractivity contribution in [3.8, 4) is 5.75 Å². The highest BCUT2D eigenvalue weighted by Gasteiger charge is 2.14. The summed E-state index contributed by atoms with van der Waals surface area (Å²) in [5.74, 6) is -0.557. The number of ketones is 1. The molecule has 0 bridgehead atoms. The lowest BCUT2D eigenvalue weighted by atomic mass is 10.1. The van der Waals surface area contributed by atoms with Crippen molar-refractivity contribution < 1.29 is 23.2 Å². The quantitative estimate of drug-likeness (QED) is 0.589. The maximum atomic E-state index is 12.0. The van der Waals surface area contributed by atoms with Gasteiger partial charge in [0.25, 0.3) is 5.69 Å². The summed E-state index contributed by atoms with van der Waals surface area (Å²) in [6.07, 6.45) is -0.0682. The van der Waals surface area contributed by atoms with Gasteiger partial charge in [-0.25, -0.2) is 0 Å². The molecule has 0 aliphatic heterocycles. The first-order chi connectivity index (χ1) is 7.88. The second-order valence-electron chi connectivity index (χ2n) is 3.35. The van der Waals surface area contributed by atoms with E-state index in [4.69, 9.17) is 0 Å². The van der Waals surface area contributed by atoms with Gasteiger partial charge in [-0.3, -0.25) is 14.9 Å². The summed E-state index contributed by atoms with van der Waals surface area (Å²) in [5, 5.41) is 10.6. The van der Waals surface area contributed by atoms with Crippen molar-refractivity contribution in [1.29, 1.82) is 0 Å². The van der Waals surface area contributed by atoms with Crippen LogP contribution in [-0.4, -0.2) is 17.3 Å². The standard InChI is InChI=1S/C10H9F2NO4/c1-6(14)2-7-3-8(13(15)16)5-9(4-7)17-10(11)12/h3-5,10H,2H2,1H3. The number of nitrogens with zero attached hydrogens (tertiary/aromatic N) is 1. The summed E-state index contributed by atoms with van der Waals surface area (Å²) >= 11 is 0. The van der Waals surface area contributed by atoms with Crippen LogP contribution < -0.4 is 4.74 Å². The first kappa shape index (κ1) is 13.0. The van der Waals surface area contributed by atoms with Crippen molar-refractivity contribution in [2.45, 2.75) is 20.0 Å². The number of halogens is 2. The van der Waals surface area contributed by atoms with Gasteiger partial charge in [-0.15, -0.1) is 0 Å². The summed E-state index contributed by atoms with van der Waals surface area (Å²) in [6.45, 7) is -1.77. The maximum Gasteiger partial charge on any atom is 0.387 e. The number of nitro groups is 1. The molecule has 92 valence electrons. The number of alkyl halides is 2. The van der Waals surface area contributed by atoms with Gasteiger partial charge in [0.15, 0.2) is 0 Å². The van der Waals surface area contributed by atoms with E-state index in [1.807, 2.05) is 0 Å². The zero-order valence-electron chi connectivity index (χ0n) is 8.85. The molecule has 0 amide bonds. The topological polar surface area (TPSA) is 69.4 Å². The molecule has 1 aromatic rings. The Kier molecular flexibility index (Phi) is 4.08. The Morgan fingerprint density at radius 2 is 2.12 bits per heavy atom. The van der Waals surface area contributed by atoms with Crippen LogP contribution in [0.1, 0.15) is 12.5 Å². The van der Waals surface area contributed by atoms with Crippen molar-refractivity contribution in [3.63, 3.8) is 0 Å². The Hall–Kier alpha value is -2.05. The fourth-order valence-corrected chi connectivity index (χ4v) is 1.31. The molecule has 0 heterocycles. The molecule has 1 rings (SSSR count). The van der Waals surface area contributed by atoms with E-state index in [0.29, 0.717) is 0 Å². The van der Waals surface area contributed by atoms with E-state index in [9.17, 15) is 23.7 Å². The Labute approximate surface area is 95.2 Å². The number of ether oxygens (including phenoxy) is 1. The molecule has 0 saturated carbocycles. The highest BCUT2D eigenvalue weighted by Crippen LogP contribution is 2.24. The third kappa shape index (κ3) is 4.13. The number of non-ortho nitro benzene ring substituents is 1. The molecule has 0 saturated heterocycles. The number of hydrogen-bond donors (Lipinski definition) is 0. The third-order valence-electron chi connectivity index (χ3n) is 1.84. The van der Waals surface area contributed by atoms with E-state index >= 15 is 0 Å². The Bertz CT molecular complexity index is 448. The average molecular weight is 245 g/mol. The molecule has 7 heteroatoms. The zero-order valence-corrected chi connectivity index (χ0v) is 8.85.